The Hall–Kier alpha value is -6.00. The second-order valence-corrected chi connectivity index (χ2v) is 23.8. The summed E-state index contributed by atoms with van der Waals surface area (Å²) in [4.78, 5) is 8.60. The molecular formula is C63H60BN3. The first-order valence-electron chi connectivity index (χ1n) is 25.7. The molecule has 0 aromatic heterocycles. The predicted octanol–water partition coefficient (Wildman–Crippen LogP) is 13.8. The van der Waals surface area contributed by atoms with Gasteiger partial charge in [-0.05, 0) is 136 Å². The summed E-state index contributed by atoms with van der Waals surface area (Å²) in [5.41, 5.74) is 26.6. The Kier molecular flexibility index (Phi) is 7.20. The van der Waals surface area contributed by atoms with Crippen LogP contribution >= 0.6 is 0 Å². The molecule has 5 heterocycles. The molecule has 5 aliphatic heterocycles. The topological polar surface area (TPSA) is 9.72 Å². The molecule has 0 bridgehead atoms. The van der Waals surface area contributed by atoms with Crippen molar-refractivity contribution in [2.75, 3.05) is 14.7 Å². The molecule has 2 saturated carbocycles. The highest BCUT2D eigenvalue weighted by molar-refractivity contribution is 7.00. The standard InChI is InChI=1S/C63H60BN3/c1-58(2,3)46-31-32-49-57-54(46)60(5)34-17-19-36-62(60,7)67(57)53-38-39(37-52-55(53)64(49)48-28-20-27-47-56(48)66(52)61(6)35-18-16-33-59(47,61)4)65-50-29-14-12-25-44(50)63(45-26-13-15-30-51(45)65)42-23-10-8-21-40(42)41-22-9-11-24-43(41)63/h8-15,20-32,37-38H,16-19,33-36H2,1-7H3. The summed E-state index contributed by atoms with van der Waals surface area (Å²) in [6.45, 7) is 18.1. The van der Waals surface area contributed by atoms with Crippen LogP contribution in [0.25, 0.3) is 11.1 Å². The van der Waals surface area contributed by atoms with E-state index in [1.165, 1.54) is 147 Å². The van der Waals surface area contributed by atoms with Gasteiger partial charge in [0.25, 0.3) is 6.71 Å². The van der Waals surface area contributed by atoms with E-state index in [2.05, 4.69) is 203 Å². The number of nitrogens with zero attached hydrogens (tertiary/aromatic N) is 3. The van der Waals surface area contributed by atoms with Crippen LogP contribution in [0.2, 0.25) is 0 Å². The van der Waals surface area contributed by atoms with Gasteiger partial charge in [0, 0.05) is 33.6 Å². The number of para-hydroxylation sites is 3. The molecule has 0 radical (unpaired) electrons. The molecule has 0 saturated heterocycles. The highest BCUT2D eigenvalue weighted by Crippen LogP contribution is 2.68. The highest BCUT2D eigenvalue weighted by Gasteiger charge is 2.66. The molecule has 0 amide bonds. The quantitative estimate of drug-likeness (QED) is 0.152. The van der Waals surface area contributed by atoms with E-state index < -0.39 is 5.41 Å². The van der Waals surface area contributed by atoms with Crippen molar-refractivity contribution in [3.63, 3.8) is 0 Å². The minimum atomic E-state index is -0.450. The number of rotatable bonds is 1. The zero-order valence-corrected chi connectivity index (χ0v) is 40.4. The Morgan fingerprint density at radius 3 is 1.57 bits per heavy atom. The third-order valence-electron chi connectivity index (χ3n) is 20.0. The van der Waals surface area contributed by atoms with Crippen molar-refractivity contribution >= 4 is 62.9 Å². The fourth-order valence-electron chi connectivity index (χ4n) is 16.8. The van der Waals surface area contributed by atoms with Gasteiger partial charge >= 0.3 is 0 Å². The van der Waals surface area contributed by atoms with Crippen LogP contribution in [-0.2, 0) is 21.7 Å². The molecule has 15 rings (SSSR count). The largest absolute Gasteiger partial charge is 0.335 e. The lowest BCUT2D eigenvalue weighted by atomic mass is 9.33. The summed E-state index contributed by atoms with van der Waals surface area (Å²) in [6.07, 6.45) is 9.89. The first kappa shape index (κ1) is 39.0. The molecule has 7 aromatic rings. The van der Waals surface area contributed by atoms with Crippen LogP contribution < -0.4 is 31.1 Å². The van der Waals surface area contributed by atoms with Crippen molar-refractivity contribution in [3.05, 3.63) is 178 Å². The van der Waals surface area contributed by atoms with Gasteiger partial charge in [0.1, 0.15) is 0 Å². The van der Waals surface area contributed by atoms with E-state index in [0.29, 0.717) is 0 Å². The van der Waals surface area contributed by atoms with Crippen molar-refractivity contribution < 1.29 is 0 Å². The van der Waals surface area contributed by atoms with Gasteiger partial charge in [0.05, 0.1) is 33.6 Å². The lowest BCUT2D eigenvalue weighted by molar-refractivity contribution is 0.193. The van der Waals surface area contributed by atoms with Crippen LogP contribution in [0.15, 0.2) is 140 Å². The molecule has 67 heavy (non-hydrogen) atoms. The summed E-state index contributed by atoms with van der Waals surface area (Å²) in [7, 11) is 0. The van der Waals surface area contributed by atoms with Gasteiger partial charge in [-0.2, -0.15) is 0 Å². The summed E-state index contributed by atoms with van der Waals surface area (Å²) in [6, 6.07) is 55.3. The molecule has 1 spiro atoms. The van der Waals surface area contributed by atoms with Crippen molar-refractivity contribution in [3.8, 4) is 11.1 Å². The zero-order valence-electron chi connectivity index (χ0n) is 40.4. The Morgan fingerprint density at radius 1 is 0.463 bits per heavy atom. The number of benzene rings is 7. The zero-order chi connectivity index (χ0) is 45.2. The highest BCUT2D eigenvalue weighted by atomic mass is 15.3. The van der Waals surface area contributed by atoms with Crippen LogP contribution in [0, 0.1) is 0 Å². The van der Waals surface area contributed by atoms with Gasteiger partial charge in [0.2, 0.25) is 0 Å². The Labute approximate surface area is 397 Å². The molecule has 330 valence electrons. The van der Waals surface area contributed by atoms with E-state index >= 15 is 0 Å². The Morgan fingerprint density at radius 2 is 0.955 bits per heavy atom. The average molecular weight is 870 g/mol. The minimum Gasteiger partial charge on any atom is -0.335 e. The fourth-order valence-corrected chi connectivity index (χ4v) is 16.8. The molecule has 3 nitrogen and oxygen atoms in total. The van der Waals surface area contributed by atoms with Crippen LogP contribution in [-0.4, -0.2) is 17.8 Å². The van der Waals surface area contributed by atoms with E-state index in [9.17, 15) is 0 Å². The van der Waals surface area contributed by atoms with Gasteiger partial charge in [-0.15, -0.1) is 0 Å². The van der Waals surface area contributed by atoms with Gasteiger partial charge in [-0.1, -0.05) is 176 Å². The van der Waals surface area contributed by atoms with Crippen molar-refractivity contribution in [1.29, 1.82) is 0 Å². The smallest absolute Gasteiger partial charge is 0.252 e. The second kappa shape index (κ2) is 12.4. The maximum absolute atomic E-state index is 2.98. The van der Waals surface area contributed by atoms with Crippen LogP contribution in [0.4, 0.5) is 39.8 Å². The lowest BCUT2D eigenvalue weighted by Gasteiger charge is -2.55. The third kappa shape index (κ3) is 4.21. The van der Waals surface area contributed by atoms with E-state index in [-0.39, 0.29) is 34.0 Å². The SMILES string of the molecule is CC(C)(C)c1ccc2c3c1C1(C)CCCCC1(C)N3c1cc(N3c4ccccc4C4(c5ccccc5-c5ccccc54)c4ccccc43)cc3c1B2c1cccc2c1N3C1(C)CCCCC21C. The summed E-state index contributed by atoms with van der Waals surface area (Å²) in [5, 5.41) is 0. The molecule has 4 heteroatoms. The van der Waals surface area contributed by atoms with E-state index in [0.717, 1.165) is 0 Å². The summed E-state index contributed by atoms with van der Waals surface area (Å²) >= 11 is 0. The molecular weight excluding hydrogens is 810 g/mol. The third-order valence-corrected chi connectivity index (χ3v) is 20.0. The minimum absolute atomic E-state index is 0.00487. The lowest BCUT2D eigenvalue weighted by Crippen LogP contribution is -2.66. The van der Waals surface area contributed by atoms with Crippen molar-refractivity contribution in [2.24, 2.45) is 0 Å². The Balaban J connectivity index is 1.07. The first-order valence-corrected chi connectivity index (χ1v) is 25.7. The molecule has 7 aromatic carbocycles. The van der Waals surface area contributed by atoms with Crippen LogP contribution in [0.1, 0.15) is 139 Å². The summed E-state index contributed by atoms with van der Waals surface area (Å²) < 4.78 is 0. The fraction of sp³-hybridized carbons (Fsp3) is 0.333. The second-order valence-electron chi connectivity index (χ2n) is 23.8. The van der Waals surface area contributed by atoms with E-state index in [1.807, 2.05) is 0 Å². The Bertz CT molecular complexity index is 3280. The molecule has 2 fully saturated rings. The van der Waals surface area contributed by atoms with Gasteiger partial charge < -0.3 is 14.7 Å². The number of anilines is 7. The molecule has 8 aliphatic rings. The molecule has 4 atom stereocenters. The van der Waals surface area contributed by atoms with Crippen molar-refractivity contribution in [1.82, 2.24) is 0 Å². The van der Waals surface area contributed by atoms with Gasteiger partial charge in [-0.3, -0.25) is 0 Å². The first-order chi connectivity index (χ1) is 32.4. The van der Waals surface area contributed by atoms with Gasteiger partial charge in [0.15, 0.2) is 0 Å². The maximum Gasteiger partial charge on any atom is 0.252 e. The van der Waals surface area contributed by atoms with Gasteiger partial charge in [-0.25, -0.2) is 0 Å². The number of hydrogen-bond donors (Lipinski definition) is 0. The monoisotopic (exact) mass is 869 g/mol. The normalized spacial score (nSPS) is 26.8. The van der Waals surface area contributed by atoms with Crippen molar-refractivity contribution in [2.45, 2.75) is 133 Å². The van der Waals surface area contributed by atoms with Crippen LogP contribution in [0.3, 0.4) is 0 Å². The van der Waals surface area contributed by atoms with E-state index in [4.69, 9.17) is 0 Å². The number of fused-ring (bicyclic) bond motifs is 19. The predicted molar refractivity (Wildman–Crippen MR) is 281 cm³/mol. The summed E-state index contributed by atoms with van der Waals surface area (Å²) in [5.74, 6) is 0. The van der Waals surface area contributed by atoms with Crippen LogP contribution in [0.5, 0.6) is 0 Å². The average Bonchev–Trinajstić information content (AvgIpc) is 3.84. The molecule has 4 unspecified atom stereocenters. The number of hydrogen-bond acceptors (Lipinski definition) is 3. The maximum atomic E-state index is 2.98. The molecule has 3 aliphatic carbocycles. The molecule has 0 N–H and O–H groups in total. The van der Waals surface area contributed by atoms with E-state index in [1.54, 1.807) is 11.1 Å².